The van der Waals surface area contributed by atoms with Crippen molar-refractivity contribution in [1.82, 2.24) is 0 Å². The van der Waals surface area contributed by atoms with Crippen LogP contribution in [0.3, 0.4) is 0 Å². The van der Waals surface area contributed by atoms with Crippen LogP contribution in [-0.4, -0.2) is 30.3 Å². The minimum atomic E-state index is -0.333. The molecule has 0 aliphatic heterocycles. The summed E-state index contributed by atoms with van der Waals surface area (Å²) in [6, 6.07) is 0. The smallest absolute Gasteiger partial charge is 0.217 e. The first-order valence-electron chi connectivity index (χ1n) is 10.9. The Kier molecular flexibility index (Phi) is 15.7. The van der Waals surface area contributed by atoms with Crippen LogP contribution < -0.4 is 11.5 Å². The zero-order chi connectivity index (χ0) is 21.4. The third-order valence-corrected chi connectivity index (χ3v) is 5.05. The van der Waals surface area contributed by atoms with E-state index in [1.165, 1.54) is 58.3 Å². The molecular weight excluding hydrogens is 356 g/mol. The summed E-state index contributed by atoms with van der Waals surface area (Å²) < 4.78 is 5.63. The van der Waals surface area contributed by atoms with Gasteiger partial charge in [0.25, 0.3) is 0 Å². The standard InChI is InChI=1S/C10H19NO2.C10H18O.C2H5NO.2H2/c11-10(12)7-4-8-13-9-5-2-1-3-6-9;1-8(2)10(11)9-6-4-3-5-7-9;1-2(3)4;;/h9H,1-8H2,(H2,11,12);8-9H,3-7H2,1-2H3;1H3,(H2,3,4);2*1H. The van der Waals surface area contributed by atoms with E-state index in [2.05, 4.69) is 5.73 Å². The van der Waals surface area contributed by atoms with Gasteiger partial charge < -0.3 is 16.2 Å². The number of nitrogens with two attached hydrogens (primary N) is 2. The van der Waals surface area contributed by atoms with Crippen molar-refractivity contribution in [2.75, 3.05) is 6.61 Å². The van der Waals surface area contributed by atoms with Gasteiger partial charge in [-0.2, -0.15) is 0 Å². The molecule has 28 heavy (non-hydrogen) atoms. The molecule has 0 atom stereocenters. The van der Waals surface area contributed by atoms with Crippen molar-refractivity contribution in [3.05, 3.63) is 0 Å². The molecule has 0 saturated heterocycles. The Bertz CT molecular complexity index is 446. The molecule has 2 aliphatic rings. The zero-order valence-corrected chi connectivity index (χ0v) is 18.2. The van der Waals surface area contributed by atoms with Gasteiger partial charge in [-0.3, -0.25) is 14.4 Å². The van der Waals surface area contributed by atoms with Crippen molar-refractivity contribution < 1.29 is 22.0 Å². The van der Waals surface area contributed by atoms with E-state index in [4.69, 9.17) is 10.5 Å². The van der Waals surface area contributed by atoms with Crippen LogP contribution >= 0.6 is 0 Å². The first kappa shape index (κ1) is 26.6. The summed E-state index contributed by atoms with van der Waals surface area (Å²) in [7, 11) is 0. The van der Waals surface area contributed by atoms with Gasteiger partial charge in [0, 0.05) is 34.6 Å². The Labute approximate surface area is 174 Å². The first-order chi connectivity index (χ1) is 13.2. The maximum absolute atomic E-state index is 11.5. The second-order valence-corrected chi connectivity index (χ2v) is 8.20. The third kappa shape index (κ3) is 15.6. The number of primary amides is 2. The van der Waals surface area contributed by atoms with Gasteiger partial charge in [-0.15, -0.1) is 0 Å². The highest BCUT2D eigenvalue weighted by atomic mass is 16.5. The van der Waals surface area contributed by atoms with Gasteiger partial charge in [0.15, 0.2) is 0 Å². The van der Waals surface area contributed by atoms with Crippen LogP contribution in [0, 0.1) is 11.8 Å². The van der Waals surface area contributed by atoms with Crippen molar-refractivity contribution in [3.63, 3.8) is 0 Å². The lowest BCUT2D eigenvalue weighted by Gasteiger charge is -2.21. The van der Waals surface area contributed by atoms with E-state index in [1.807, 2.05) is 13.8 Å². The molecule has 2 rings (SSSR count). The van der Waals surface area contributed by atoms with Crippen LogP contribution in [0.5, 0.6) is 0 Å². The number of ether oxygens (including phenoxy) is 1. The number of carbonyl (C=O) groups is 3. The van der Waals surface area contributed by atoms with Crippen LogP contribution in [0.15, 0.2) is 0 Å². The molecule has 4 N–H and O–H groups in total. The normalized spacial score (nSPS) is 17.7. The molecule has 6 heteroatoms. The van der Waals surface area contributed by atoms with Gasteiger partial charge in [-0.1, -0.05) is 52.4 Å². The van der Waals surface area contributed by atoms with Gasteiger partial charge in [-0.05, 0) is 32.1 Å². The maximum Gasteiger partial charge on any atom is 0.217 e. The molecule has 2 aliphatic carbocycles. The minimum absolute atomic E-state index is 0. The molecule has 2 saturated carbocycles. The van der Waals surface area contributed by atoms with E-state index >= 15 is 0 Å². The zero-order valence-electron chi connectivity index (χ0n) is 18.2. The van der Waals surface area contributed by atoms with Crippen molar-refractivity contribution in [3.8, 4) is 0 Å². The number of Topliss-reactive ketones (excluding diaryl/α,β-unsaturated/α-hetero) is 1. The lowest BCUT2D eigenvalue weighted by atomic mass is 9.83. The van der Waals surface area contributed by atoms with E-state index in [-0.39, 0.29) is 20.6 Å². The summed E-state index contributed by atoms with van der Waals surface area (Å²) >= 11 is 0. The monoisotopic (exact) mass is 402 g/mol. The summed E-state index contributed by atoms with van der Waals surface area (Å²) in [5.74, 6) is 0.582. The van der Waals surface area contributed by atoms with Gasteiger partial charge in [0.05, 0.1) is 6.10 Å². The molecule has 168 valence electrons. The first-order valence-corrected chi connectivity index (χ1v) is 10.9. The molecule has 0 unspecified atom stereocenters. The van der Waals surface area contributed by atoms with Gasteiger partial charge in [0.2, 0.25) is 11.8 Å². The predicted molar refractivity (Wildman–Crippen MR) is 117 cm³/mol. The lowest BCUT2D eigenvalue weighted by molar-refractivity contribution is -0.126. The van der Waals surface area contributed by atoms with E-state index < -0.39 is 0 Å². The SMILES string of the molecule is CC(C)C(=O)C1CCCCC1.CC(N)=O.NC(=O)CCCOC1CCCCC1.[HH].[HH]. The van der Waals surface area contributed by atoms with Crippen LogP contribution in [0.25, 0.3) is 0 Å². The fourth-order valence-electron chi connectivity index (χ4n) is 3.59. The highest BCUT2D eigenvalue weighted by Gasteiger charge is 2.22. The van der Waals surface area contributed by atoms with Crippen LogP contribution in [0.2, 0.25) is 0 Å². The molecule has 2 amide bonds. The Morgan fingerprint density at radius 2 is 1.39 bits per heavy atom. The summed E-state index contributed by atoms with van der Waals surface area (Å²) in [4.78, 5) is 31.1. The molecule has 0 aromatic heterocycles. The molecule has 2 fully saturated rings. The van der Waals surface area contributed by atoms with Crippen LogP contribution in [0.4, 0.5) is 0 Å². The molecule has 0 aromatic carbocycles. The second-order valence-electron chi connectivity index (χ2n) is 8.20. The molecule has 0 radical (unpaired) electrons. The fourth-order valence-corrected chi connectivity index (χ4v) is 3.59. The second kappa shape index (κ2) is 16.5. The van der Waals surface area contributed by atoms with Crippen molar-refractivity contribution in [1.29, 1.82) is 0 Å². The Hall–Kier alpha value is -1.43. The van der Waals surface area contributed by atoms with E-state index in [1.54, 1.807) is 0 Å². The number of ketones is 1. The summed E-state index contributed by atoms with van der Waals surface area (Å²) in [5, 5.41) is 0. The topological polar surface area (TPSA) is 112 Å². The van der Waals surface area contributed by atoms with E-state index in [9.17, 15) is 14.4 Å². The van der Waals surface area contributed by atoms with E-state index in [0.717, 1.165) is 19.3 Å². The number of hydrogen-bond donors (Lipinski definition) is 2. The largest absolute Gasteiger partial charge is 0.378 e. The maximum atomic E-state index is 11.5. The molecular formula is C22H46N2O4. The quantitative estimate of drug-likeness (QED) is 0.615. The average Bonchev–Trinajstić information content (AvgIpc) is 2.66. The summed E-state index contributed by atoms with van der Waals surface area (Å²) in [6.45, 7) is 6.02. The number of carbonyl (C=O) groups excluding carboxylic acids is 3. The predicted octanol–water partition coefficient (Wildman–Crippen LogP) is 4.38. The van der Waals surface area contributed by atoms with Crippen molar-refractivity contribution >= 4 is 17.6 Å². The van der Waals surface area contributed by atoms with Gasteiger partial charge >= 0.3 is 0 Å². The Balaban J connectivity index is -0.000000394. The Morgan fingerprint density at radius 1 is 0.929 bits per heavy atom. The van der Waals surface area contributed by atoms with Crippen LogP contribution in [-0.2, 0) is 19.1 Å². The summed E-state index contributed by atoms with van der Waals surface area (Å²) in [6.07, 6.45) is 14.2. The minimum Gasteiger partial charge on any atom is -0.378 e. The number of hydrogen-bond acceptors (Lipinski definition) is 4. The lowest BCUT2D eigenvalue weighted by Crippen LogP contribution is -2.21. The van der Waals surface area contributed by atoms with E-state index in [0.29, 0.717) is 30.8 Å². The molecule has 0 bridgehead atoms. The molecule has 0 aromatic rings. The summed E-state index contributed by atoms with van der Waals surface area (Å²) in [5.41, 5.74) is 9.49. The van der Waals surface area contributed by atoms with Crippen molar-refractivity contribution in [2.24, 2.45) is 23.3 Å². The average molecular weight is 403 g/mol. The number of rotatable bonds is 7. The molecule has 0 heterocycles. The number of amides is 2. The van der Waals surface area contributed by atoms with Crippen LogP contribution in [0.1, 0.15) is 101 Å². The fraction of sp³-hybridized carbons (Fsp3) is 0.864. The third-order valence-electron chi connectivity index (χ3n) is 5.05. The highest BCUT2D eigenvalue weighted by Crippen LogP contribution is 2.26. The molecule has 0 spiro atoms. The Morgan fingerprint density at radius 3 is 1.82 bits per heavy atom. The van der Waals surface area contributed by atoms with Gasteiger partial charge in [0.1, 0.15) is 5.78 Å². The molecule has 6 nitrogen and oxygen atoms in total. The van der Waals surface area contributed by atoms with Gasteiger partial charge in [-0.25, -0.2) is 0 Å². The highest BCUT2D eigenvalue weighted by molar-refractivity contribution is 5.82. The van der Waals surface area contributed by atoms with Crippen molar-refractivity contribution in [2.45, 2.75) is 104 Å².